The molecule has 1 N–H and O–H groups in total. The third-order valence-corrected chi connectivity index (χ3v) is 0.667. The van der Waals surface area contributed by atoms with Gasteiger partial charge < -0.3 is 9.84 Å². The Morgan fingerprint density at radius 2 is 0.833 bits per heavy atom. The fraction of sp³-hybridized carbons (Fsp3) is 0.333. The van der Waals surface area contributed by atoms with Crippen LogP contribution in [-0.4, -0.2) is 26.4 Å². The molecule has 0 fully saturated rings. The molecule has 0 bridgehead atoms. The smallest absolute Gasteiger partial charge is 0.0351 e. The van der Waals surface area contributed by atoms with Crippen LogP contribution in [0.3, 0.4) is 0 Å². The molecule has 0 saturated carbocycles. The van der Waals surface area contributed by atoms with Crippen molar-refractivity contribution in [2.24, 2.45) is 0 Å². The molecule has 12 heavy (non-hydrogen) atoms. The molecular formula is C9H17IO2. The van der Waals surface area contributed by atoms with Gasteiger partial charge in [0, 0.05) is 21.3 Å². The van der Waals surface area contributed by atoms with Gasteiger partial charge in [-0.15, -0.1) is 24.0 Å². The van der Waals surface area contributed by atoms with Crippen LogP contribution in [0.25, 0.3) is 0 Å². The van der Waals surface area contributed by atoms with Crippen LogP contribution >= 0.6 is 24.0 Å². The van der Waals surface area contributed by atoms with Crippen molar-refractivity contribution in [2.75, 3.05) is 21.3 Å². The highest BCUT2D eigenvalue weighted by Crippen LogP contribution is 1.79. The molecule has 0 aromatic heterocycles. The maximum atomic E-state index is 7.00. The first kappa shape index (κ1) is 17.8. The van der Waals surface area contributed by atoms with Gasteiger partial charge in [-0.25, -0.2) is 0 Å². The van der Waals surface area contributed by atoms with Gasteiger partial charge in [-0.3, -0.25) is 0 Å². The van der Waals surface area contributed by atoms with E-state index in [1.54, 1.807) is 14.2 Å². The lowest BCUT2D eigenvalue weighted by Crippen LogP contribution is -1.55. The maximum Gasteiger partial charge on any atom is 0.0351 e. The van der Waals surface area contributed by atoms with Crippen LogP contribution in [0.2, 0.25) is 0 Å². The molecule has 0 saturated heterocycles. The molecule has 2 nitrogen and oxygen atoms in total. The standard InChI is InChI=1S/C6H6.C2H6O.CH4O.HI/c1-2-4-6-5-3-1;1-3-2;1-2;/h1-6H;1-2H3;2H,1H3;1H. The second-order valence-corrected chi connectivity index (χ2v) is 1.56. The number of methoxy groups -OCH3 is 1. The average molecular weight is 284 g/mol. The summed E-state index contributed by atoms with van der Waals surface area (Å²) in [6.45, 7) is 0. The molecule has 0 atom stereocenters. The van der Waals surface area contributed by atoms with E-state index in [0.717, 1.165) is 7.11 Å². The lowest BCUT2D eigenvalue weighted by molar-refractivity contribution is 0.277. The van der Waals surface area contributed by atoms with Gasteiger partial charge in [-0.2, -0.15) is 0 Å². The van der Waals surface area contributed by atoms with Crippen molar-refractivity contribution in [1.82, 2.24) is 0 Å². The summed E-state index contributed by atoms with van der Waals surface area (Å²) in [6.07, 6.45) is 0. The predicted molar refractivity (Wildman–Crippen MR) is 62.9 cm³/mol. The third-order valence-electron chi connectivity index (χ3n) is 0.667. The third kappa shape index (κ3) is 22.5. The largest absolute Gasteiger partial charge is 0.400 e. The molecule has 0 unspecified atom stereocenters. The molecule has 3 heteroatoms. The lowest BCUT2D eigenvalue weighted by Gasteiger charge is -1.69. The molecule has 0 aliphatic heterocycles. The molecule has 0 aliphatic carbocycles. The van der Waals surface area contributed by atoms with Crippen molar-refractivity contribution in [3.05, 3.63) is 36.4 Å². The van der Waals surface area contributed by atoms with Crippen LogP contribution in [0.15, 0.2) is 36.4 Å². The molecular weight excluding hydrogens is 267 g/mol. The number of rotatable bonds is 0. The monoisotopic (exact) mass is 284 g/mol. The molecule has 72 valence electrons. The van der Waals surface area contributed by atoms with E-state index in [2.05, 4.69) is 4.74 Å². The molecule has 1 aromatic rings. The summed E-state index contributed by atoms with van der Waals surface area (Å²) >= 11 is 0. The number of hydrogen-bond donors (Lipinski definition) is 1. The van der Waals surface area contributed by atoms with Crippen molar-refractivity contribution in [3.8, 4) is 0 Å². The van der Waals surface area contributed by atoms with E-state index in [1.165, 1.54) is 0 Å². The van der Waals surface area contributed by atoms with Crippen LogP contribution in [0.4, 0.5) is 0 Å². The number of hydrogen-bond acceptors (Lipinski definition) is 2. The summed E-state index contributed by atoms with van der Waals surface area (Å²) < 4.78 is 4.25. The minimum absolute atomic E-state index is 0. The van der Waals surface area contributed by atoms with E-state index in [4.69, 9.17) is 5.11 Å². The Hall–Kier alpha value is -0.130. The topological polar surface area (TPSA) is 29.5 Å². The number of aliphatic hydroxyl groups excluding tert-OH is 1. The summed E-state index contributed by atoms with van der Waals surface area (Å²) in [6, 6.07) is 12.0. The van der Waals surface area contributed by atoms with Gasteiger partial charge in [0.05, 0.1) is 0 Å². The summed E-state index contributed by atoms with van der Waals surface area (Å²) in [7, 11) is 4.25. The summed E-state index contributed by atoms with van der Waals surface area (Å²) in [5.41, 5.74) is 0. The van der Waals surface area contributed by atoms with Crippen molar-refractivity contribution in [3.63, 3.8) is 0 Å². The number of aliphatic hydroxyl groups is 1. The fourth-order valence-electron chi connectivity index (χ4n) is 0.385. The molecule has 0 spiro atoms. The SMILES string of the molecule is CO.COC.I.c1ccccc1. The zero-order chi connectivity index (χ0) is 8.95. The summed E-state index contributed by atoms with van der Waals surface area (Å²) in [4.78, 5) is 0. The van der Waals surface area contributed by atoms with Crippen LogP contribution in [-0.2, 0) is 4.74 Å². The van der Waals surface area contributed by atoms with E-state index in [-0.39, 0.29) is 24.0 Å². The zero-order valence-electron chi connectivity index (χ0n) is 7.73. The highest BCUT2D eigenvalue weighted by molar-refractivity contribution is 14.0. The van der Waals surface area contributed by atoms with E-state index >= 15 is 0 Å². The van der Waals surface area contributed by atoms with Crippen LogP contribution in [0, 0.1) is 0 Å². The minimum Gasteiger partial charge on any atom is -0.400 e. The Bertz CT molecular complexity index is 95.4. The van der Waals surface area contributed by atoms with Crippen molar-refractivity contribution in [2.45, 2.75) is 0 Å². The van der Waals surface area contributed by atoms with Gasteiger partial charge in [0.25, 0.3) is 0 Å². The minimum atomic E-state index is 0. The van der Waals surface area contributed by atoms with Gasteiger partial charge in [0.15, 0.2) is 0 Å². The quantitative estimate of drug-likeness (QED) is 0.740. The molecule has 0 heterocycles. The average Bonchev–Trinajstić information content (AvgIpc) is 2.12. The highest BCUT2D eigenvalue weighted by atomic mass is 127. The second kappa shape index (κ2) is 22.4. The van der Waals surface area contributed by atoms with Crippen molar-refractivity contribution in [1.29, 1.82) is 0 Å². The highest BCUT2D eigenvalue weighted by Gasteiger charge is 1.57. The number of benzene rings is 1. The van der Waals surface area contributed by atoms with E-state index in [0.29, 0.717) is 0 Å². The predicted octanol–water partition coefficient (Wildman–Crippen LogP) is 2.18. The Morgan fingerprint density at radius 3 is 0.917 bits per heavy atom. The van der Waals surface area contributed by atoms with Gasteiger partial charge in [-0.05, 0) is 0 Å². The lowest BCUT2D eigenvalue weighted by atomic mass is 10.4. The van der Waals surface area contributed by atoms with E-state index < -0.39 is 0 Å². The van der Waals surface area contributed by atoms with Crippen LogP contribution < -0.4 is 0 Å². The van der Waals surface area contributed by atoms with E-state index in [9.17, 15) is 0 Å². The van der Waals surface area contributed by atoms with Crippen LogP contribution in [0.1, 0.15) is 0 Å². The normalized spacial score (nSPS) is 6.00. The molecule has 0 radical (unpaired) electrons. The van der Waals surface area contributed by atoms with E-state index in [1.807, 2.05) is 36.4 Å². The van der Waals surface area contributed by atoms with Gasteiger partial charge in [0.1, 0.15) is 0 Å². The first-order valence-corrected chi connectivity index (χ1v) is 3.26. The fourth-order valence-corrected chi connectivity index (χ4v) is 0.385. The first-order chi connectivity index (χ1) is 5.41. The van der Waals surface area contributed by atoms with Gasteiger partial charge in [-0.1, -0.05) is 36.4 Å². The Balaban J connectivity index is -0.000000119. The summed E-state index contributed by atoms with van der Waals surface area (Å²) in [5.74, 6) is 0. The maximum absolute atomic E-state index is 7.00. The number of ether oxygens (including phenoxy) is 1. The zero-order valence-corrected chi connectivity index (χ0v) is 10.1. The Kier molecular flexibility index (Phi) is 33.3. The summed E-state index contributed by atoms with van der Waals surface area (Å²) in [5, 5.41) is 7.00. The van der Waals surface area contributed by atoms with Gasteiger partial charge >= 0.3 is 0 Å². The van der Waals surface area contributed by atoms with Crippen molar-refractivity contribution < 1.29 is 9.84 Å². The second-order valence-electron chi connectivity index (χ2n) is 1.56. The molecule has 1 aromatic carbocycles. The first-order valence-electron chi connectivity index (χ1n) is 3.26. The Morgan fingerprint density at radius 1 is 0.750 bits per heavy atom. The van der Waals surface area contributed by atoms with Crippen molar-refractivity contribution >= 4 is 24.0 Å². The number of halogens is 1. The van der Waals surface area contributed by atoms with Gasteiger partial charge in [0.2, 0.25) is 0 Å². The molecule has 0 amide bonds. The molecule has 1 rings (SSSR count). The van der Waals surface area contributed by atoms with Crippen LogP contribution in [0.5, 0.6) is 0 Å². The Labute approximate surface area is 91.6 Å². The molecule has 0 aliphatic rings.